The van der Waals surface area contributed by atoms with Crippen molar-refractivity contribution < 1.29 is 0 Å². The van der Waals surface area contributed by atoms with Gasteiger partial charge in [0.1, 0.15) is 5.82 Å². The van der Waals surface area contributed by atoms with Crippen LogP contribution in [0.25, 0.3) is 16.6 Å². The van der Waals surface area contributed by atoms with E-state index in [2.05, 4.69) is 46.5 Å². The van der Waals surface area contributed by atoms with Crippen LogP contribution in [0.5, 0.6) is 0 Å². The summed E-state index contributed by atoms with van der Waals surface area (Å²) in [5.41, 5.74) is 9.60. The highest BCUT2D eigenvalue weighted by atomic mass is 35.5. The van der Waals surface area contributed by atoms with E-state index >= 15 is 0 Å². The summed E-state index contributed by atoms with van der Waals surface area (Å²) < 4.78 is 2.19. The second-order valence-corrected chi connectivity index (χ2v) is 9.39. The minimum atomic E-state index is -0.339. The molecule has 0 spiro atoms. The van der Waals surface area contributed by atoms with E-state index in [1.54, 1.807) is 0 Å². The number of aromatic nitrogens is 2. The fourth-order valence-electron chi connectivity index (χ4n) is 5.29. The molecule has 2 aliphatic heterocycles. The molecule has 5 nitrogen and oxygen atoms in total. The molecule has 30 heavy (non-hydrogen) atoms. The molecule has 5 rings (SSSR count). The van der Waals surface area contributed by atoms with Crippen LogP contribution in [0.3, 0.4) is 0 Å². The standard InChI is InChI=1S/C24H27ClN4O/c1-24(2)17-5-3-4-6-19(17)29-21-16(15-9-12-28(13-10-15)14-11-26)7-8-18(25)20(21)22(30)27-23(24)29/h3-8,15H,9-14,26H2,1-2H3. The Morgan fingerprint density at radius 2 is 1.90 bits per heavy atom. The second-order valence-electron chi connectivity index (χ2n) is 8.98. The number of rotatable bonds is 3. The van der Waals surface area contributed by atoms with E-state index in [-0.39, 0.29) is 11.0 Å². The predicted molar refractivity (Wildman–Crippen MR) is 122 cm³/mol. The van der Waals surface area contributed by atoms with Crippen LogP contribution in [0.1, 0.15) is 49.6 Å². The van der Waals surface area contributed by atoms with Gasteiger partial charge in [0.15, 0.2) is 0 Å². The Morgan fingerprint density at radius 3 is 2.63 bits per heavy atom. The number of para-hydroxylation sites is 1. The molecule has 3 aromatic rings. The third kappa shape index (κ3) is 2.83. The summed E-state index contributed by atoms with van der Waals surface area (Å²) in [5, 5.41) is 1.01. The van der Waals surface area contributed by atoms with Gasteiger partial charge in [0, 0.05) is 13.1 Å². The van der Waals surface area contributed by atoms with Crippen molar-refractivity contribution in [2.24, 2.45) is 5.73 Å². The third-order valence-electron chi connectivity index (χ3n) is 6.87. The molecule has 1 saturated heterocycles. The number of hydrogen-bond acceptors (Lipinski definition) is 4. The Morgan fingerprint density at radius 1 is 1.17 bits per heavy atom. The first-order valence-corrected chi connectivity index (χ1v) is 11.1. The van der Waals surface area contributed by atoms with Crippen LogP contribution in [-0.2, 0) is 5.41 Å². The van der Waals surface area contributed by atoms with E-state index in [1.165, 1.54) is 11.1 Å². The van der Waals surface area contributed by atoms with Crippen molar-refractivity contribution in [2.45, 2.75) is 38.0 Å². The highest BCUT2D eigenvalue weighted by Gasteiger charge is 2.39. The first-order chi connectivity index (χ1) is 14.4. The topological polar surface area (TPSA) is 64.2 Å². The summed E-state index contributed by atoms with van der Waals surface area (Å²) in [4.78, 5) is 20.1. The lowest BCUT2D eigenvalue weighted by atomic mass is 9.85. The van der Waals surface area contributed by atoms with Crippen LogP contribution in [0.15, 0.2) is 41.2 Å². The maximum Gasteiger partial charge on any atom is 0.282 e. The maximum absolute atomic E-state index is 13.1. The van der Waals surface area contributed by atoms with Crippen LogP contribution in [0.2, 0.25) is 5.02 Å². The summed E-state index contributed by atoms with van der Waals surface area (Å²) in [6, 6.07) is 12.3. The number of likely N-dealkylation sites (tertiary alicyclic amines) is 1. The van der Waals surface area contributed by atoms with Crippen molar-refractivity contribution in [2.75, 3.05) is 26.2 Å². The van der Waals surface area contributed by atoms with Gasteiger partial charge in [-0.2, -0.15) is 4.98 Å². The number of benzene rings is 2. The minimum absolute atomic E-state index is 0.232. The number of nitrogens with zero attached hydrogens (tertiary/aromatic N) is 3. The zero-order chi connectivity index (χ0) is 21.0. The van der Waals surface area contributed by atoms with Crippen molar-refractivity contribution in [3.05, 3.63) is 68.7 Å². The Kier molecular flexibility index (Phi) is 4.73. The molecule has 6 heteroatoms. The van der Waals surface area contributed by atoms with Gasteiger partial charge in [-0.1, -0.05) is 35.9 Å². The fourth-order valence-corrected chi connectivity index (χ4v) is 5.52. The van der Waals surface area contributed by atoms with E-state index in [9.17, 15) is 4.79 Å². The van der Waals surface area contributed by atoms with Gasteiger partial charge in [-0.05, 0) is 69.0 Å². The quantitative estimate of drug-likeness (QED) is 0.697. The summed E-state index contributed by atoms with van der Waals surface area (Å²) >= 11 is 6.56. The molecule has 156 valence electrons. The lowest BCUT2D eigenvalue weighted by Gasteiger charge is -2.32. The van der Waals surface area contributed by atoms with Crippen LogP contribution in [0.4, 0.5) is 0 Å². The molecule has 1 fully saturated rings. The maximum atomic E-state index is 13.1. The zero-order valence-electron chi connectivity index (χ0n) is 17.5. The van der Waals surface area contributed by atoms with Crippen molar-refractivity contribution in [1.82, 2.24) is 14.5 Å². The fraction of sp³-hybridized carbons (Fsp3) is 0.417. The zero-order valence-corrected chi connectivity index (χ0v) is 18.2. The van der Waals surface area contributed by atoms with Crippen molar-refractivity contribution in [1.29, 1.82) is 0 Å². The summed E-state index contributed by atoms with van der Waals surface area (Å²) in [6.45, 7) is 7.95. The monoisotopic (exact) mass is 422 g/mol. The highest BCUT2D eigenvalue weighted by molar-refractivity contribution is 6.35. The Hall–Kier alpha value is -2.21. The van der Waals surface area contributed by atoms with Crippen LogP contribution < -0.4 is 11.3 Å². The number of nitrogens with two attached hydrogens (primary N) is 1. The Balaban J connectivity index is 1.76. The van der Waals surface area contributed by atoms with Gasteiger partial charge in [0.25, 0.3) is 5.56 Å². The van der Waals surface area contributed by atoms with Gasteiger partial charge in [-0.25, -0.2) is 0 Å². The molecule has 2 N–H and O–H groups in total. The van der Waals surface area contributed by atoms with Gasteiger partial charge < -0.3 is 10.6 Å². The van der Waals surface area contributed by atoms with Gasteiger partial charge >= 0.3 is 0 Å². The van der Waals surface area contributed by atoms with E-state index in [4.69, 9.17) is 17.3 Å². The van der Waals surface area contributed by atoms with Crippen molar-refractivity contribution in [3.63, 3.8) is 0 Å². The average Bonchev–Trinajstić information content (AvgIpc) is 2.96. The SMILES string of the molecule is CC1(C)c2ccccc2-n2c1nc(=O)c1c(Cl)ccc(C3CCN(CCN)CC3)c12. The summed E-state index contributed by atoms with van der Waals surface area (Å²) in [5.74, 6) is 1.18. The first kappa shape index (κ1) is 19.7. The molecule has 0 unspecified atom stereocenters. The number of hydrogen-bond donors (Lipinski definition) is 1. The van der Waals surface area contributed by atoms with Crippen molar-refractivity contribution >= 4 is 22.5 Å². The van der Waals surface area contributed by atoms with Gasteiger partial charge in [0.05, 0.1) is 27.0 Å². The molecule has 0 bridgehead atoms. The Labute approximate surface area is 181 Å². The molecular formula is C24H27ClN4O. The summed E-state index contributed by atoms with van der Waals surface area (Å²) in [6.07, 6.45) is 2.10. The molecular weight excluding hydrogens is 396 g/mol. The van der Waals surface area contributed by atoms with E-state index in [0.717, 1.165) is 49.5 Å². The van der Waals surface area contributed by atoms with Gasteiger partial charge in [-0.15, -0.1) is 0 Å². The molecule has 3 heterocycles. The van der Waals surface area contributed by atoms with Gasteiger partial charge in [-0.3, -0.25) is 9.36 Å². The molecule has 2 aromatic carbocycles. The predicted octanol–water partition coefficient (Wildman–Crippen LogP) is 3.82. The molecule has 0 aliphatic carbocycles. The lowest BCUT2D eigenvalue weighted by molar-refractivity contribution is 0.218. The van der Waals surface area contributed by atoms with E-state index < -0.39 is 0 Å². The van der Waals surface area contributed by atoms with Crippen LogP contribution in [-0.4, -0.2) is 40.6 Å². The van der Waals surface area contributed by atoms with Crippen LogP contribution >= 0.6 is 11.6 Å². The minimum Gasteiger partial charge on any atom is -0.329 e. The number of halogens is 1. The number of piperidine rings is 1. The Bertz CT molecular complexity index is 1190. The largest absolute Gasteiger partial charge is 0.329 e. The average molecular weight is 423 g/mol. The smallest absolute Gasteiger partial charge is 0.282 e. The number of fused-ring (bicyclic) bond motifs is 5. The molecule has 0 atom stereocenters. The van der Waals surface area contributed by atoms with Crippen LogP contribution in [0, 0.1) is 0 Å². The molecule has 1 aromatic heterocycles. The van der Waals surface area contributed by atoms with E-state index in [0.29, 0.717) is 22.9 Å². The van der Waals surface area contributed by atoms with Gasteiger partial charge in [0.2, 0.25) is 0 Å². The first-order valence-electron chi connectivity index (χ1n) is 10.7. The summed E-state index contributed by atoms with van der Waals surface area (Å²) in [7, 11) is 0. The highest BCUT2D eigenvalue weighted by Crippen LogP contribution is 2.45. The van der Waals surface area contributed by atoms with E-state index in [1.807, 2.05) is 18.2 Å². The third-order valence-corrected chi connectivity index (χ3v) is 7.18. The molecule has 0 saturated carbocycles. The molecule has 0 amide bonds. The molecule has 2 aliphatic rings. The normalized spacial score (nSPS) is 18.5. The molecule has 0 radical (unpaired) electrons. The lowest BCUT2D eigenvalue weighted by Crippen LogP contribution is -2.36. The van der Waals surface area contributed by atoms with Crippen molar-refractivity contribution in [3.8, 4) is 5.69 Å². The second kappa shape index (κ2) is 7.19.